The van der Waals surface area contributed by atoms with Gasteiger partial charge in [-0.15, -0.1) is 5.10 Å². The Morgan fingerprint density at radius 1 is 1.07 bits per heavy atom. The van der Waals surface area contributed by atoms with Crippen molar-refractivity contribution in [2.75, 3.05) is 5.32 Å². The maximum absolute atomic E-state index is 14.7. The SMILES string of the molecule is CC(F)n1ccc2c1-c1ccnc(c1)[C@@H](c1cn(C)c(-c3cc(Cl)ccc3-n3cc(Cl)nn3)cc1=O)CCC[C@@H](C)C(=O)N2. The predicted molar refractivity (Wildman–Crippen MR) is 169 cm³/mol. The highest BCUT2D eigenvalue weighted by molar-refractivity contribution is 6.31. The molecule has 4 aromatic heterocycles. The molecule has 0 saturated heterocycles. The van der Waals surface area contributed by atoms with Gasteiger partial charge in [0.15, 0.2) is 16.9 Å². The van der Waals surface area contributed by atoms with Gasteiger partial charge in [0, 0.05) is 70.9 Å². The van der Waals surface area contributed by atoms with E-state index < -0.39 is 6.30 Å². The average Bonchev–Trinajstić information content (AvgIpc) is 3.62. The molecule has 0 saturated carbocycles. The lowest BCUT2D eigenvalue weighted by Gasteiger charge is -2.22. The second-order valence-corrected chi connectivity index (χ2v) is 12.0. The molecule has 3 atom stereocenters. The van der Waals surface area contributed by atoms with Crippen molar-refractivity contribution in [1.29, 1.82) is 0 Å². The molecule has 2 bridgehead atoms. The van der Waals surface area contributed by atoms with E-state index in [0.29, 0.717) is 69.4 Å². The van der Waals surface area contributed by atoms with Crippen LogP contribution in [0.25, 0.3) is 28.2 Å². The lowest BCUT2D eigenvalue weighted by atomic mass is 9.87. The number of amides is 1. The van der Waals surface area contributed by atoms with E-state index in [1.807, 2.05) is 30.8 Å². The van der Waals surface area contributed by atoms with E-state index in [9.17, 15) is 14.0 Å². The third kappa shape index (κ3) is 5.67. The van der Waals surface area contributed by atoms with E-state index in [1.165, 1.54) is 16.2 Å². The van der Waals surface area contributed by atoms with E-state index in [4.69, 9.17) is 28.2 Å². The predicted octanol–water partition coefficient (Wildman–Crippen LogP) is 7.18. The summed E-state index contributed by atoms with van der Waals surface area (Å²) in [4.78, 5) is 31.7. The molecule has 0 radical (unpaired) electrons. The van der Waals surface area contributed by atoms with E-state index >= 15 is 0 Å². The van der Waals surface area contributed by atoms with Crippen molar-refractivity contribution < 1.29 is 9.18 Å². The van der Waals surface area contributed by atoms with Gasteiger partial charge < -0.3 is 14.5 Å². The van der Waals surface area contributed by atoms with Crippen LogP contribution in [-0.4, -0.2) is 35.0 Å². The highest BCUT2D eigenvalue weighted by Crippen LogP contribution is 2.37. The minimum absolute atomic E-state index is 0.131. The molecule has 1 unspecified atom stereocenters. The van der Waals surface area contributed by atoms with E-state index in [1.54, 1.807) is 55.0 Å². The van der Waals surface area contributed by atoms with Gasteiger partial charge in [-0.05, 0) is 56.2 Å². The van der Waals surface area contributed by atoms with Crippen molar-refractivity contribution in [3.63, 3.8) is 0 Å². The number of hydrogen-bond donors (Lipinski definition) is 1. The molecule has 0 aliphatic carbocycles. The number of benzene rings is 1. The summed E-state index contributed by atoms with van der Waals surface area (Å²) >= 11 is 12.4. The fourth-order valence-corrected chi connectivity index (χ4v) is 6.17. The summed E-state index contributed by atoms with van der Waals surface area (Å²) in [5, 5.41) is 11.7. The Balaban J connectivity index is 1.48. The van der Waals surface area contributed by atoms with Crippen molar-refractivity contribution >= 4 is 34.8 Å². The number of fused-ring (bicyclic) bond motifs is 4. The average molecular weight is 635 g/mol. The molecule has 12 heteroatoms. The number of alkyl halides is 1. The molecule has 9 nitrogen and oxygen atoms in total. The van der Waals surface area contributed by atoms with Crippen molar-refractivity contribution in [2.45, 2.75) is 45.3 Å². The molecule has 1 amide bonds. The molecule has 5 aromatic rings. The molecule has 1 aliphatic heterocycles. The van der Waals surface area contributed by atoms with Gasteiger partial charge in [-0.3, -0.25) is 14.6 Å². The Morgan fingerprint density at radius 2 is 1.89 bits per heavy atom. The fraction of sp³-hybridized carbons (Fsp3) is 0.281. The number of aromatic nitrogens is 6. The van der Waals surface area contributed by atoms with Gasteiger partial charge in [0.1, 0.15) is 0 Å². The second kappa shape index (κ2) is 12.0. The van der Waals surface area contributed by atoms with Gasteiger partial charge in [0.25, 0.3) is 0 Å². The number of pyridine rings is 2. The van der Waals surface area contributed by atoms with Gasteiger partial charge in [-0.2, -0.15) is 0 Å². The molecule has 44 heavy (non-hydrogen) atoms. The summed E-state index contributed by atoms with van der Waals surface area (Å²) in [6.07, 6.45) is 7.28. The molecule has 1 N–H and O–H groups in total. The van der Waals surface area contributed by atoms with Crippen LogP contribution in [0.5, 0.6) is 0 Å². The Labute approximate surface area is 263 Å². The van der Waals surface area contributed by atoms with Gasteiger partial charge >= 0.3 is 0 Å². The molecular formula is C32H30Cl2FN7O2. The Hall–Kier alpha value is -4.28. The largest absolute Gasteiger partial charge is 0.350 e. The monoisotopic (exact) mass is 633 g/mol. The third-order valence-electron chi connectivity index (χ3n) is 8.13. The van der Waals surface area contributed by atoms with Crippen LogP contribution in [-0.2, 0) is 11.8 Å². The first-order chi connectivity index (χ1) is 21.1. The maximum atomic E-state index is 14.7. The molecule has 226 valence electrons. The van der Waals surface area contributed by atoms with E-state index in [0.717, 1.165) is 0 Å². The van der Waals surface area contributed by atoms with Crippen molar-refractivity contribution in [3.05, 3.63) is 98.9 Å². The molecule has 0 fully saturated rings. The summed E-state index contributed by atoms with van der Waals surface area (Å²) in [6, 6.07) is 12.3. The zero-order valence-corrected chi connectivity index (χ0v) is 25.8. The zero-order valence-electron chi connectivity index (χ0n) is 24.3. The van der Waals surface area contributed by atoms with Crippen LogP contribution in [0.2, 0.25) is 10.2 Å². The van der Waals surface area contributed by atoms with E-state index in [-0.39, 0.29) is 28.3 Å². The third-order valence-corrected chi connectivity index (χ3v) is 8.54. The highest BCUT2D eigenvalue weighted by Gasteiger charge is 2.26. The Kier molecular flexibility index (Phi) is 8.13. The van der Waals surface area contributed by atoms with Gasteiger partial charge in [-0.1, -0.05) is 41.8 Å². The number of carbonyl (C=O) groups excluding carboxylic acids is 1. The number of halogens is 3. The van der Waals surface area contributed by atoms with Crippen LogP contribution in [0.4, 0.5) is 10.1 Å². The fourth-order valence-electron chi connectivity index (χ4n) is 5.87. The lowest BCUT2D eigenvalue weighted by Crippen LogP contribution is -2.22. The van der Waals surface area contributed by atoms with Crippen molar-refractivity contribution in [1.82, 2.24) is 29.1 Å². The Morgan fingerprint density at radius 3 is 2.64 bits per heavy atom. The topological polar surface area (TPSA) is 99.6 Å². The van der Waals surface area contributed by atoms with Gasteiger partial charge in [-0.25, -0.2) is 9.07 Å². The number of aryl methyl sites for hydroxylation is 1. The normalized spacial score (nSPS) is 17.7. The highest BCUT2D eigenvalue weighted by atomic mass is 35.5. The molecule has 0 spiro atoms. The number of carbonyl (C=O) groups is 1. The smallest absolute Gasteiger partial charge is 0.227 e. The molecular weight excluding hydrogens is 604 g/mol. The van der Waals surface area contributed by atoms with Crippen molar-refractivity contribution in [3.8, 4) is 28.2 Å². The van der Waals surface area contributed by atoms with Gasteiger partial charge in [0.05, 0.1) is 29.0 Å². The van der Waals surface area contributed by atoms with Crippen LogP contribution in [0.3, 0.4) is 0 Å². The van der Waals surface area contributed by atoms with Gasteiger partial charge in [0.2, 0.25) is 5.91 Å². The van der Waals surface area contributed by atoms with Crippen molar-refractivity contribution in [2.24, 2.45) is 13.0 Å². The summed E-state index contributed by atoms with van der Waals surface area (Å²) in [5.41, 5.74) is 4.83. The molecule has 1 aromatic carbocycles. The van der Waals surface area contributed by atoms with Crippen LogP contribution in [0.15, 0.2) is 72.0 Å². The quantitative estimate of drug-likeness (QED) is 0.226. The lowest BCUT2D eigenvalue weighted by molar-refractivity contribution is -0.119. The number of nitrogens with zero attached hydrogens (tertiary/aromatic N) is 6. The minimum Gasteiger partial charge on any atom is -0.350 e. The summed E-state index contributed by atoms with van der Waals surface area (Å²) < 4.78 is 19.6. The van der Waals surface area contributed by atoms with E-state index in [2.05, 4.69) is 15.6 Å². The first kappa shape index (κ1) is 29.8. The first-order valence-electron chi connectivity index (χ1n) is 14.3. The number of rotatable bonds is 4. The van der Waals surface area contributed by atoms with Crippen LogP contribution in [0.1, 0.15) is 56.6 Å². The number of hydrogen-bond acceptors (Lipinski definition) is 5. The zero-order chi connectivity index (χ0) is 31.1. The Bertz CT molecular complexity index is 1930. The standard InChI is InChI=1S/C32H30Cl2FN7O2/c1-18-5-4-6-22(26-13-20(9-11-36-26)31-25(37-32(18)44)10-12-41(31)19(2)35)24-16-40(3)28(15-29(24)43)23-14-21(33)7-8-27(23)42-17-30(34)38-39-42/h7-19,22H,4-6H2,1-3H3,(H,37,44)/t18-,19?,22-/m1/s1. The maximum Gasteiger partial charge on any atom is 0.227 e. The first-order valence-corrected chi connectivity index (χ1v) is 15.1. The van der Waals surface area contributed by atoms with Crippen LogP contribution < -0.4 is 10.7 Å². The number of nitrogens with one attached hydrogen (secondary N) is 1. The van der Waals surface area contributed by atoms with Crippen LogP contribution >= 0.6 is 23.2 Å². The molecule has 6 rings (SSSR count). The summed E-state index contributed by atoms with van der Waals surface area (Å²) in [5.74, 6) is -0.773. The minimum atomic E-state index is -1.32. The number of anilines is 1. The van der Waals surface area contributed by atoms with Crippen LogP contribution in [0, 0.1) is 5.92 Å². The molecule has 5 heterocycles. The summed E-state index contributed by atoms with van der Waals surface area (Å²) in [6.45, 7) is 3.32. The summed E-state index contributed by atoms with van der Waals surface area (Å²) in [7, 11) is 1.87. The molecule has 1 aliphatic rings. The second-order valence-electron chi connectivity index (χ2n) is 11.1.